The van der Waals surface area contributed by atoms with Crippen LogP contribution in [0, 0.1) is 0 Å². The molecule has 0 saturated carbocycles. The molecule has 0 unspecified atom stereocenters. The molecule has 0 saturated heterocycles. The summed E-state index contributed by atoms with van der Waals surface area (Å²) in [5, 5.41) is 11.1. The van der Waals surface area contributed by atoms with Crippen LogP contribution < -0.4 is 4.74 Å². The van der Waals surface area contributed by atoms with Gasteiger partial charge >= 0.3 is 0 Å². The minimum absolute atomic E-state index is 0.657. The third-order valence-corrected chi connectivity index (χ3v) is 5.44. The number of aromatic amines is 1. The highest BCUT2D eigenvalue weighted by molar-refractivity contribution is 7.99. The summed E-state index contributed by atoms with van der Waals surface area (Å²) in [6.45, 7) is 4.82. The van der Waals surface area contributed by atoms with E-state index in [1.165, 1.54) is 0 Å². The summed E-state index contributed by atoms with van der Waals surface area (Å²) in [6, 6.07) is 16.4. The number of hydrogen-bond acceptors (Lipinski definition) is 4. The number of fused-ring (bicyclic) bond motifs is 1. The van der Waals surface area contributed by atoms with Gasteiger partial charge < -0.3 is 9.72 Å². The summed E-state index contributed by atoms with van der Waals surface area (Å²) in [7, 11) is 0. The Bertz CT molecular complexity index is 1040. The standard InChI is InChI=1S/C21H22N4OS/c1-3-13-27-21-24-23-20(18-14-22-19-8-6-5-7-17(18)19)25(21)15-9-11-16(12-10-15)26-4-2/h5-12,14,22H,3-4,13H2,1-2H3. The Morgan fingerprint density at radius 3 is 2.63 bits per heavy atom. The number of benzene rings is 2. The maximum atomic E-state index is 5.58. The van der Waals surface area contributed by atoms with Crippen LogP contribution in [0.5, 0.6) is 5.75 Å². The van der Waals surface area contributed by atoms with Crippen molar-refractivity contribution in [3.05, 3.63) is 54.7 Å². The maximum absolute atomic E-state index is 5.58. The monoisotopic (exact) mass is 378 g/mol. The molecule has 0 fully saturated rings. The molecule has 138 valence electrons. The van der Waals surface area contributed by atoms with E-state index < -0.39 is 0 Å². The molecule has 6 heteroatoms. The topological polar surface area (TPSA) is 55.7 Å². The molecule has 0 amide bonds. The Labute approximate surface area is 162 Å². The highest BCUT2D eigenvalue weighted by atomic mass is 32.2. The van der Waals surface area contributed by atoms with Gasteiger partial charge in [-0.05, 0) is 43.7 Å². The van der Waals surface area contributed by atoms with Gasteiger partial charge in [-0.2, -0.15) is 0 Å². The first-order valence-corrected chi connectivity index (χ1v) is 10.2. The first-order chi connectivity index (χ1) is 13.3. The summed E-state index contributed by atoms with van der Waals surface area (Å²) in [4.78, 5) is 3.34. The Morgan fingerprint density at radius 2 is 1.85 bits per heavy atom. The van der Waals surface area contributed by atoms with Crippen LogP contribution in [0.15, 0.2) is 59.9 Å². The molecule has 1 N–H and O–H groups in total. The van der Waals surface area contributed by atoms with Crippen molar-refractivity contribution in [1.82, 2.24) is 19.7 Å². The fraction of sp³-hybridized carbons (Fsp3) is 0.238. The van der Waals surface area contributed by atoms with E-state index in [0.717, 1.165) is 51.1 Å². The molecule has 2 aromatic heterocycles. The smallest absolute Gasteiger partial charge is 0.196 e. The number of H-pyrrole nitrogens is 1. The van der Waals surface area contributed by atoms with Crippen molar-refractivity contribution < 1.29 is 4.74 Å². The van der Waals surface area contributed by atoms with Gasteiger partial charge in [0.05, 0.1) is 6.61 Å². The van der Waals surface area contributed by atoms with Crippen molar-refractivity contribution >= 4 is 22.7 Å². The summed E-state index contributed by atoms with van der Waals surface area (Å²) < 4.78 is 7.71. The lowest BCUT2D eigenvalue weighted by Gasteiger charge is -2.11. The van der Waals surface area contributed by atoms with Crippen LogP contribution in [0.4, 0.5) is 0 Å². The van der Waals surface area contributed by atoms with E-state index in [9.17, 15) is 0 Å². The number of ether oxygens (including phenoxy) is 1. The summed E-state index contributed by atoms with van der Waals surface area (Å²) >= 11 is 1.73. The van der Waals surface area contributed by atoms with E-state index in [4.69, 9.17) is 4.74 Å². The molecule has 0 aliphatic carbocycles. The molecule has 4 aromatic rings. The second-order valence-electron chi connectivity index (χ2n) is 6.16. The third kappa shape index (κ3) is 3.45. The van der Waals surface area contributed by atoms with Crippen LogP contribution in [0.3, 0.4) is 0 Å². The Hall–Kier alpha value is -2.73. The summed E-state index contributed by atoms with van der Waals surface area (Å²) in [5.74, 6) is 2.71. The second kappa shape index (κ2) is 7.88. The van der Waals surface area contributed by atoms with Crippen molar-refractivity contribution in [2.75, 3.05) is 12.4 Å². The van der Waals surface area contributed by atoms with Gasteiger partial charge in [0.1, 0.15) is 5.75 Å². The Morgan fingerprint density at radius 1 is 1.04 bits per heavy atom. The van der Waals surface area contributed by atoms with Gasteiger partial charge in [0.15, 0.2) is 11.0 Å². The number of aromatic nitrogens is 4. The van der Waals surface area contributed by atoms with Crippen LogP contribution in [0.1, 0.15) is 20.3 Å². The molecule has 4 rings (SSSR count). The number of nitrogens with zero attached hydrogens (tertiary/aromatic N) is 3. The fourth-order valence-corrected chi connectivity index (χ4v) is 3.88. The highest BCUT2D eigenvalue weighted by Crippen LogP contribution is 2.33. The average Bonchev–Trinajstić information content (AvgIpc) is 3.31. The van der Waals surface area contributed by atoms with Gasteiger partial charge in [0, 0.05) is 34.1 Å². The van der Waals surface area contributed by atoms with Crippen molar-refractivity contribution in [3.63, 3.8) is 0 Å². The molecule has 5 nitrogen and oxygen atoms in total. The number of para-hydroxylation sites is 1. The van der Waals surface area contributed by atoms with Crippen LogP contribution in [0.2, 0.25) is 0 Å². The SMILES string of the molecule is CCCSc1nnc(-c2c[nH]c3ccccc23)n1-c1ccc(OCC)cc1. The third-order valence-electron chi connectivity index (χ3n) is 4.30. The lowest BCUT2D eigenvalue weighted by molar-refractivity contribution is 0.340. The zero-order valence-electron chi connectivity index (χ0n) is 15.5. The average molecular weight is 379 g/mol. The van der Waals surface area contributed by atoms with E-state index in [2.05, 4.69) is 50.9 Å². The minimum atomic E-state index is 0.657. The molecule has 0 aliphatic heterocycles. The second-order valence-corrected chi connectivity index (χ2v) is 7.23. The van der Waals surface area contributed by atoms with Crippen LogP contribution in [-0.4, -0.2) is 32.1 Å². The molecule has 0 spiro atoms. The van der Waals surface area contributed by atoms with E-state index >= 15 is 0 Å². The first kappa shape index (κ1) is 17.7. The normalized spacial score (nSPS) is 11.2. The van der Waals surface area contributed by atoms with Crippen LogP contribution >= 0.6 is 11.8 Å². The maximum Gasteiger partial charge on any atom is 0.196 e. The molecule has 2 heterocycles. The predicted molar refractivity (Wildman–Crippen MR) is 111 cm³/mol. The van der Waals surface area contributed by atoms with Gasteiger partial charge in [0.2, 0.25) is 0 Å². The van der Waals surface area contributed by atoms with E-state index in [0.29, 0.717) is 6.61 Å². The van der Waals surface area contributed by atoms with Crippen LogP contribution in [0.25, 0.3) is 28.0 Å². The van der Waals surface area contributed by atoms with Crippen LogP contribution in [-0.2, 0) is 0 Å². The number of thioether (sulfide) groups is 1. The highest BCUT2D eigenvalue weighted by Gasteiger charge is 2.18. The van der Waals surface area contributed by atoms with E-state index in [1.807, 2.05) is 37.4 Å². The van der Waals surface area contributed by atoms with Gasteiger partial charge in [-0.15, -0.1) is 10.2 Å². The van der Waals surface area contributed by atoms with Crippen molar-refractivity contribution in [1.29, 1.82) is 0 Å². The van der Waals surface area contributed by atoms with Gasteiger partial charge in [0.25, 0.3) is 0 Å². The molecule has 2 aromatic carbocycles. The molecule has 27 heavy (non-hydrogen) atoms. The van der Waals surface area contributed by atoms with Gasteiger partial charge in [-0.3, -0.25) is 4.57 Å². The number of nitrogens with one attached hydrogen (secondary N) is 1. The molecule has 0 bridgehead atoms. The van der Waals surface area contributed by atoms with Crippen molar-refractivity contribution in [2.24, 2.45) is 0 Å². The Kier molecular flexibility index (Phi) is 5.16. The minimum Gasteiger partial charge on any atom is -0.494 e. The summed E-state index contributed by atoms with van der Waals surface area (Å²) in [5.41, 5.74) is 3.18. The molecule has 0 aliphatic rings. The lowest BCUT2D eigenvalue weighted by atomic mass is 10.1. The van der Waals surface area contributed by atoms with Crippen molar-refractivity contribution in [2.45, 2.75) is 25.4 Å². The van der Waals surface area contributed by atoms with Crippen molar-refractivity contribution in [3.8, 4) is 22.8 Å². The predicted octanol–water partition coefficient (Wildman–Crippen LogP) is 5.32. The van der Waals surface area contributed by atoms with E-state index in [-0.39, 0.29) is 0 Å². The zero-order chi connectivity index (χ0) is 18.6. The van der Waals surface area contributed by atoms with Gasteiger partial charge in [-0.1, -0.05) is 36.9 Å². The molecular weight excluding hydrogens is 356 g/mol. The number of rotatable bonds is 7. The lowest BCUT2D eigenvalue weighted by Crippen LogP contribution is -2.00. The van der Waals surface area contributed by atoms with Gasteiger partial charge in [-0.25, -0.2) is 0 Å². The molecule has 0 radical (unpaired) electrons. The fourth-order valence-electron chi connectivity index (χ4n) is 3.08. The zero-order valence-corrected chi connectivity index (χ0v) is 16.3. The largest absolute Gasteiger partial charge is 0.494 e. The van der Waals surface area contributed by atoms with E-state index in [1.54, 1.807) is 11.8 Å². The molecule has 0 atom stereocenters. The molecular formula is C21H22N4OS. The summed E-state index contributed by atoms with van der Waals surface area (Å²) in [6.07, 6.45) is 3.09. The Balaban J connectivity index is 1.84. The quantitative estimate of drug-likeness (QED) is 0.442. The number of hydrogen-bond donors (Lipinski definition) is 1. The first-order valence-electron chi connectivity index (χ1n) is 9.19.